The summed E-state index contributed by atoms with van der Waals surface area (Å²) in [5.41, 5.74) is 2.52. The minimum Gasteiger partial charge on any atom is -0.462 e. The maximum Gasteiger partial charge on any atom is 0.306 e. The van der Waals surface area contributed by atoms with Crippen molar-refractivity contribution < 1.29 is 9.53 Å². The van der Waals surface area contributed by atoms with Crippen LogP contribution in [0.4, 0.5) is 0 Å². The predicted molar refractivity (Wildman–Crippen MR) is 132 cm³/mol. The molecule has 174 valence electrons. The number of nitrogens with one attached hydrogen (secondary N) is 1. The number of piperidine rings is 1. The Morgan fingerprint density at radius 2 is 1.22 bits per heavy atom. The molecule has 0 radical (unpaired) electrons. The molecule has 0 amide bonds. The van der Waals surface area contributed by atoms with Crippen molar-refractivity contribution in [2.24, 2.45) is 0 Å². The lowest BCUT2D eigenvalue weighted by Gasteiger charge is -2.36. The van der Waals surface area contributed by atoms with Crippen LogP contribution in [0.2, 0.25) is 0 Å². The minimum absolute atomic E-state index is 0.0292. The number of ether oxygens (including phenoxy) is 1. The smallest absolute Gasteiger partial charge is 0.306 e. The summed E-state index contributed by atoms with van der Waals surface area (Å²) in [6.07, 6.45) is 13.5. The molecule has 1 aliphatic heterocycles. The third kappa shape index (κ3) is 8.43. The van der Waals surface area contributed by atoms with E-state index in [2.05, 4.69) is 60.8 Å². The van der Waals surface area contributed by atoms with E-state index in [1.165, 1.54) is 56.1 Å². The third-order valence-corrected chi connectivity index (χ3v) is 6.59. The van der Waals surface area contributed by atoms with E-state index in [9.17, 15) is 4.79 Å². The molecule has 0 bridgehead atoms. The van der Waals surface area contributed by atoms with Crippen molar-refractivity contribution >= 4 is 5.97 Å². The zero-order valence-corrected chi connectivity index (χ0v) is 19.8. The first kappa shape index (κ1) is 24.5. The second kappa shape index (κ2) is 14.1. The fourth-order valence-electron chi connectivity index (χ4n) is 4.76. The molecule has 3 nitrogen and oxygen atoms in total. The monoisotopic (exact) mass is 435 g/mol. The molecule has 1 N–H and O–H groups in total. The van der Waals surface area contributed by atoms with Gasteiger partial charge in [-0.3, -0.25) is 4.79 Å². The second-order valence-corrected chi connectivity index (χ2v) is 9.25. The summed E-state index contributed by atoms with van der Waals surface area (Å²) in [4.78, 5) is 12.6. The predicted octanol–water partition coefficient (Wildman–Crippen LogP) is 7.69. The van der Waals surface area contributed by atoms with Gasteiger partial charge >= 0.3 is 5.97 Å². The highest BCUT2D eigenvalue weighted by atomic mass is 16.5. The number of hydrogen-bond donors (Lipinski definition) is 1. The number of esters is 1. The number of benzene rings is 2. The Kier molecular flexibility index (Phi) is 10.8. The third-order valence-electron chi connectivity index (χ3n) is 6.59. The van der Waals surface area contributed by atoms with Gasteiger partial charge in [-0.15, -0.1) is 0 Å². The van der Waals surface area contributed by atoms with Crippen LogP contribution in [0.1, 0.15) is 107 Å². The average Bonchev–Trinajstić information content (AvgIpc) is 2.84. The van der Waals surface area contributed by atoms with Crippen LogP contribution in [-0.4, -0.2) is 12.1 Å². The average molecular weight is 436 g/mol. The van der Waals surface area contributed by atoms with Gasteiger partial charge in [-0.2, -0.15) is 0 Å². The van der Waals surface area contributed by atoms with Crippen LogP contribution in [0.15, 0.2) is 60.7 Å². The number of carbonyl (C=O) groups is 1. The standard InChI is InChI=1S/C29H41NO2/c1-2-3-4-5-6-7-8-9-16-21-29(31)32-26-22-27(24-17-12-10-13-18-24)30-28(23-26)25-19-14-11-15-20-25/h10-15,17-20,26-28,30H,2-9,16,21-23H2,1H3. The van der Waals surface area contributed by atoms with E-state index >= 15 is 0 Å². The van der Waals surface area contributed by atoms with Gasteiger partial charge in [-0.25, -0.2) is 0 Å². The Bertz CT molecular complexity index is 714. The van der Waals surface area contributed by atoms with Gasteiger partial charge in [0.2, 0.25) is 0 Å². The van der Waals surface area contributed by atoms with Gasteiger partial charge in [0, 0.05) is 31.3 Å². The molecule has 3 rings (SSSR count). The van der Waals surface area contributed by atoms with E-state index in [1.807, 2.05) is 12.1 Å². The van der Waals surface area contributed by atoms with Crippen LogP contribution in [0.25, 0.3) is 0 Å². The maximum atomic E-state index is 12.6. The molecule has 2 unspecified atom stereocenters. The first-order valence-corrected chi connectivity index (χ1v) is 12.8. The topological polar surface area (TPSA) is 38.3 Å². The summed E-state index contributed by atoms with van der Waals surface area (Å²) in [5, 5.41) is 3.78. The Hall–Kier alpha value is -2.13. The van der Waals surface area contributed by atoms with Crippen LogP contribution in [0.3, 0.4) is 0 Å². The summed E-state index contributed by atoms with van der Waals surface area (Å²) >= 11 is 0. The highest BCUT2D eigenvalue weighted by Crippen LogP contribution is 2.34. The summed E-state index contributed by atoms with van der Waals surface area (Å²) in [6.45, 7) is 2.26. The molecule has 0 saturated carbocycles. The van der Waals surface area contributed by atoms with E-state index in [1.54, 1.807) is 0 Å². The highest BCUT2D eigenvalue weighted by molar-refractivity contribution is 5.69. The van der Waals surface area contributed by atoms with Crippen LogP contribution < -0.4 is 5.32 Å². The molecule has 3 heteroatoms. The van der Waals surface area contributed by atoms with Gasteiger partial charge in [0.05, 0.1) is 0 Å². The summed E-state index contributed by atoms with van der Waals surface area (Å²) < 4.78 is 5.99. The lowest BCUT2D eigenvalue weighted by atomic mass is 9.88. The van der Waals surface area contributed by atoms with Crippen molar-refractivity contribution in [3.63, 3.8) is 0 Å². The van der Waals surface area contributed by atoms with Gasteiger partial charge < -0.3 is 10.1 Å². The molecule has 1 fully saturated rings. The number of hydrogen-bond acceptors (Lipinski definition) is 3. The van der Waals surface area contributed by atoms with E-state index in [4.69, 9.17) is 4.74 Å². The summed E-state index contributed by atoms with van der Waals surface area (Å²) in [6, 6.07) is 21.4. The van der Waals surface area contributed by atoms with E-state index in [0.29, 0.717) is 6.42 Å². The highest BCUT2D eigenvalue weighted by Gasteiger charge is 2.32. The van der Waals surface area contributed by atoms with Crippen LogP contribution in [0.5, 0.6) is 0 Å². The summed E-state index contributed by atoms with van der Waals surface area (Å²) in [7, 11) is 0. The molecule has 0 spiro atoms. The second-order valence-electron chi connectivity index (χ2n) is 9.25. The Morgan fingerprint density at radius 3 is 1.72 bits per heavy atom. The first-order valence-electron chi connectivity index (χ1n) is 12.8. The van der Waals surface area contributed by atoms with Crippen LogP contribution in [0, 0.1) is 0 Å². The quantitative estimate of drug-likeness (QED) is 0.259. The number of carbonyl (C=O) groups excluding carboxylic acids is 1. The first-order chi connectivity index (χ1) is 15.8. The number of unbranched alkanes of at least 4 members (excludes halogenated alkanes) is 8. The molecule has 32 heavy (non-hydrogen) atoms. The summed E-state index contributed by atoms with van der Waals surface area (Å²) in [5.74, 6) is -0.0292. The van der Waals surface area contributed by atoms with Crippen molar-refractivity contribution in [2.75, 3.05) is 0 Å². The van der Waals surface area contributed by atoms with Crippen LogP contribution >= 0.6 is 0 Å². The molecule has 2 atom stereocenters. The van der Waals surface area contributed by atoms with E-state index in [-0.39, 0.29) is 24.2 Å². The SMILES string of the molecule is CCCCCCCCCCCC(=O)OC1CC(c2ccccc2)NC(c2ccccc2)C1. The van der Waals surface area contributed by atoms with Gasteiger partial charge in [0.25, 0.3) is 0 Å². The molecule has 1 heterocycles. The molecule has 1 aliphatic rings. The van der Waals surface area contributed by atoms with Crippen molar-refractivity contribution in [2.45, 2.75) is 102 Å². The van der Waals surface area contributed by atoms with Crippen molar-refractivity contribution in [1.29, 1.82) is 0 Å². The number of rotatable bonds is 13. The van der Waals surface area contributed by atoms with Gasteiger partial charge in [-0.05, 0) is 17.5 Å². The Labute approximate surface area is 195 Å². The lowest BCUT2D eigenvalue weighted by molar-refractivity contribution is -0.151. The van der Waals surface area contributed by atoms with Gasteiger partial charge in [0.1, 0.15) is 6.10 Å². The molecular formula is C29H41NO2. The Balaban J connectivity index is 1.45. The van der Waals surface area contributed by atoms with Crippen molar-refractivity contribution in [3.8, 4) is 0 Å². The molecule has 0 aromatic heterocycles. The van der Waals surface area contributed by atoms with Crippen LogP contribution in [-0.2, 0) is 9.53 Å². The van der Waals surface area contributed by atoms with Gasteiger partial charge in [0.15, 0.2) is 0 Å². The van der Waals surface area contributed by atoms with Crippen molar-refractivity contribution in [3.05, 3.63) is 71.8 Å². The van der Waals surface area contributed by atoms with E-state index in [0.717, 1.165) is 25.7 Å². The molecule has 2 aromatic carbocycles. The lowest BCUT2D eigenvalue weighted by Crippen LogP contribution is -2.39. The molecular weight excluding hydrogens is 394 g/mol. The normalized spacial score (nSPS) is 20.7. The fraction of sp³-hybridized carbons (Fsp3) is 0.552. The fourth-order valence-corrected chi connectivity index (χ4v) is 4.76. The minimum atomic E-state index is -0.0438. The Morgan fingerprint density at radius 1 is 0.750 bits per heavy atom. The maximum absolute atomic E-state index is 12.6. The van der Waals surface area contributed by atoms with E-state index < -0.39 is 0 Å². The molecule has 1 saturated heterocycles. The van der Waals surface area contributed by atoms with Crippen molar-refractivity contribution in [1.82, 2.24) is 5.32 Å². The zero-order valence-electron chi connectivity index (χ0n) is 19.8. The zero-order chi connectivity index (χ0) is 22.4. The van der Waals surface area contributed by atoms with Gasteiger partial charge in [-0.1, -0.05) is 119 Å². The molecule has 0 aliphatic carbocycles. The largest absolute Gasteiger partial charge is 0.462 e. The molecule has 2 aromatic rings.